The molecule has 402 valence electrons. The van der Waals surface area contributed by atoms with E-state index in [1.165, 1.54) is 36.8 Å². The zero-order valence-corrected chi connectivity index (χ0v) is 41.1. The molecule has 0 aliphatic carbocycles. The first-order valence-corrected chi connectivity index (χ1v) is 23.6. The minimum absolute atomic E-state index is 0.00548. The quantitative estimate of drug-likeness (QED) is 0.0356. The summed E-state index contributed by atoms with van der Waals surface area (Å²) in [4.78, 5) is 151. The maximum absolute atomic E-state index is 14.1. The fraction of sp³-hybridized carbons (Fsp3) is 0.565. The number of carboxylic acids is 2. The van der Waals surface area contributed by atoms with Crippen molar-refractivity contribution in [2.45, 2.75) is 134 Å². The number of nitrogens with two attached hydrogens (primary N) is 2. The maximum Gasteiger partial charge on any atom is 0.326 e. The van der Waals surface area contributed by atoms with E-state index in [1.807, 2.05) is 0 Å². The fourth-order valence-electron chi connectivity index (χ4n) is 7.70. The Kier molecular flexibility index (Phi) is 23.7. The lowest BCUT2D eigenvalue weighted by Crippen LogP contribution is -2.60. The number of amides is 9. The number of rotatable bonds is 30. The van der Waals surface area contributed by atoms with E-state index in [0.29, 0.717) is 11.3 Å². The molecule has 0 bridgehead atoms. The Bertz CT molecular complexity index is 2260. The molecule has 73 heavy (non-hydrogen) atoms. The summed E-state index contributed by atoms with van der Waals surface area (Å²) < 4.78 is 0. The first-order valence-electron chi connectivity index (χ1n) is 23.6. The number of aromatic nitrogens is 2. The van der Waals surface area contributed by atoms with E-state index in [2.05, 4.69) is 47.2 Å². The minimum Gasteiger partial charge on any atom is -0.508 e. The van der Waals surface area contributed by atoms with Gasteiger partial charge in [-0.3, -0.25) is 47.9 Å². The lowest BCUT2D eigenvalue weighted by molar-refractivity contribution is -0.146. The van der Waals surface area contributed by atoms with E-state index in [4.69, 9.17) is 11.5 Å². The smallest absolute Gasteiger partial charge is 0.326 e. The van der Waals surface area contributed by atoms with Crippen LogP contribution in [0.1, 0.15) is 83.9 Å². The molecule has 1 aromatic heterocycles. The molecule has 1 aliphatic heterocycles. The van der Waals surface area contributed by atoms with E-state index in [1.54, 1.807) is 27.7 Å². The number of nitrogens with one attached hydrogen (secondary N) is 8. The van der Waals surface area contributed by atoms with Crippen LogP contribution in [0.4, 0.5) is 0 Å². The van der Waals surface area contributed by atoms with Gasteiger partial charge in [-0.05, 0) is 61.6 Å². The van der Waals surface area contributed by atoms with Crippen molar-refractivity contribution in [1.82, 2.24) is 52.1 Å². The zero-order chi connectivity index (χ0) is 54.5. The van der Waals surface area contributed by atoms with Gasteiger partial charge in [-0.15, -0.1) is 0 Å². The van der Waals surface area contributed by atoms with E-state index < -0.39 is 133 Å². The number of hydrogen-bond donors (Lipinski definition) is 14. The highest BCUT2D eigenvalue weighted by Gasteiger charge is 2.41. The largest absolute Gasteiger partial charge is 0.508 e. The minimum atomic E-state index is -1.81. The number of primary amides is 1. The predicted octanol–water partition coefficient (Wildman–Crippen LogP) is -3.85. The van der Waals surface area contributed by atoms with Crippen molar-refractivity contribution >= 4 is 65.1 Å². The summed E-state index contributed by atoms with van der Waals surface area (Å²) in [7, 11) is 0. The monoisotopic (exact) mass is 1030 g/mol. The number of aromatic hydroxyl groups is 1. The van der Waals surface area contributed by atoms with E-state index >= 15 is 0 Å². The summed E-state index contributed by atoms with van der Waals surface area (Å²) >= 11 is 0. The van der Waals surface area contributed by atoms with Gasteiger partial charge in [0.05, 0.1) is 31.9 Å². The number of phenols is 1. The molecule has 0 saturated carbocycles. The topological polar surface area (TPSA) is 437 Å². The van der Waals surface area contributed by atoms with Gasteiger partial charge in [0.2, 0.25) is 53.2 Å². The van der Waals surface area contributed by atoms with E-state index in [0.717, 1.165) is 4.90 Å². The number of carbonyl (C=O) groups is 11. The van der Waals surface area contributed by atoms with Crippen molar-refractivity contribution in [2.24, 2.45) is 23.3 Å². The van der Waals surface area contributed by atoms with Crippen molar-refractivity contribution in [3.05, 3.63) is 48.0 Å². The van der Waals surface area contributed by atoms with Gasteiger partial charge in [-0.25, -0.2) is 9.78 Å². The highest BCUT2D eigenvalue weighted by Crippen LogP contribution is 2.20. The highest BCUT2D eigenvalue weighted by atomic mass is 16.4. The van der Waals surface area contributed by atoms with Gasteiger partial charge < -0.3 is 79.0 Å². The van der Waals surface area contributed by atoms with Crippen LogP contribution in [0, 0.1) is 11.8 Å². The van der Waals surface area contributed by atoms with Crippen molar-refractivity contribution in [2.75, 3.05) is 19.7 Å². The SMILES string of the molecule is CC(C)CC(NC(=O)C(Cc1ccc(O)cc1)NC(=O)CNC(=O)C(CO)NC(=O)C1CCCN1C(=O)C(CC(=O)O)NC(=O)C(Cc1cnc[nH]1)NC(=O)C(CC(C)C)NC(=O)C(N)CCC(N)=O)C(=O)O. The predicted molar refractivity (Wildman–Crippen MR) is 256 cm³/mol. The Labute approximate surface area is 420 Å². The summed E-state index contributed by atoms with van der Waals surface area (Å²) in [5.41, 5.74) is 11.9. The second kappa shape index (κ2) is 29.0. The van der Waals surface area contributed by atoms with Gasteiger partial charge in [-0.2, -0.15) is 0 Å². The van der Waals surface area contributed by atoms with Crippen LogP contribution in [-0.4, -0.2) is 168 Å². The Morgan fingerprint density at radius 2 is 1.32 bits per heavy atom. The molecule has 3 rings (SSSR count). The number of imidazole rings is 1. The number of aliphatic hydroxyl groups excluding tert-OH is 1. The number of H-pyrrole nitrogens is 1. The highest BCUT2D eigenvalue weighted by molar-refractivity contribution is 5.99. The molecule has 27 nitrogen and oxygen atoms in total. The van der Waals surface area contributed by atoms with Crippen LogP contribution in [0.15, 0.2) is 36.8 Å². The van der Waals surface area contributed by atoms with Gasteiger partial charge >= 0.3 is 11.9 Å². The molecular formula is C46H68N12O15. The molecule has 1 aliphatic rings. The van der Waals surface area contributed by atoms with Gasteiger partial charge in [0, 0.05) is 37.7 Å². The molecule has 8 unspecified atom stereocenters. The Morgan fingerprint density at radius 1 is 0.740 bits per heavy atom. The molecule has 2 heterocycles. The number of phenolic OH excluding ortho intramolecular Hbond substituents is 1. The summed E-state index contributed by atoms with van der Waals surface area (Å²) in [6.07, 6.45) is 1.35. The van der Waals surface area contributed by atoms with Gasteiger partial charge in [0.1, 0.15) is 48.0 Å². The van der Waals surface area contributed by atoms with E-state index in [-0.39, 0.29) is 75.5 Å². The zero-order valence-electron chi connectivity index (χ0n) is 41.1. The summed E-state index contributed by atoms with van der Waals surface area (Å²) in [6.45, 7) is 5.16. The Balaban J connectivity index is 1.74. The van der Waals surface area contributed by atoms with Crippen LogP contribution >= 0.6 is 0 Å². The average Bonchev–Trinajstić information content (AvgIpc) is 4.04. The number of aromatic amines is 1. The van der Waals surface area contributed by atoms with Crippen LogP contribution in [-0.2, 0) is 65.6 Å². The van der Waals surface area contributed by atoms with Crippen molar-refractivity contribution in [3.63, 3.8) is 0 Å². The number of hydrogen-bond acceptors (Lipinski definition) is 15. The first-order chi connectivity index (χ1) is 34.4. The molecule has 2 aromatic rings. The molecule has 1 saturated heterocycles. The lowest BCUT2D eigenvalue weighted by atomic mass is 10.0. The van der Waals surface area contributed by atoms with Crippen LogP contribution in [0.5, 0.6) is 5.75 Å². The van der Waals surface area contributed by atoms with Gasteiger partial charge in [0.15, 0.2) is 0 Å². The second-order valence-electron chi connectivity index (χ2n) is 18.5. The summed E-state index contributed by atoms with van der Waals surface area (Å²) in [5.74, 6) is -11.3. The average molecular weight is 1030 g/mol. The normalized spacial score (nSPS) is 16.1. The van der Waals surface area contributed by atoms with Crippen molar-refractivity contribution in [3.8, 4) is 5.75 Å². The number of carbonyl (C=O) groups excluding carboxylic acids is 9. The number of carboxylic acid groups (broad SMARTS) is 2. The fourth-order valence-corrected chi connectivity index (χ4v) is 7.70. The number of benzene rings is 1. The molecule has 16 N–H and O–H groups in total. The molecule has 1 aromatic carbocycles. The van der Waals surface area contributed by atoms with Crippen molar-refractivity contribution in [1.29, 1.82) is 0 Å². The molecule has 8 atom stereocenters. The third-order valence-corrected chi connectivity index (χ3v) is 11.4. The van der Waals surface area contributed by atoms with Crippen LogP contribution in [0.3, 0.4) is 0 Å². The third kappa shape index (κ3) is 20.2. The standard InChI is InChI=1S/C46H68N12O15/c1-23(2)14-29(53-39(65)28(47)11-12-36(48)61)41(67)54-31(17-26-19-49-22-51-26)43(69)55-32(18-38(63)64)45(71)58-13-5-6-35(58)44(70)57-34(21-59)40(66)50-20-37(62)52-30(16-25-7-9-27(60)10-8-25)42(68)56-33(46(72)73)15-24(3)4/h7-10,19,22-24,28-35,59-60H,5-6,11-18,20-21,47H2,1-4H3,(H2,48,61)(H,49,51)(H,50,66)(H,52,62)(H,53,65)(H,54,67)(H,55,69)(H,56,68)(H,57,70)(H,63,64)(H,72,73). The molecule has 1 fully saturated rings. The van der Waals surface area contributed by atoms with Gasteiger partial charge in [-0.1, -0.05) is 39.8 Å². The summed E-state index contributed by atoms with van der Waals surface area (Å²) in [5, 5.41) is 56.2. The third-order valence-electron chi connectivity index (χ3n) is 11.4. The van der Waals surface area contributed by atoms with Crippen LogP contribution in [0.2, 0.25) is 0 Å². The molecule has 9 amide bonds. The lowest BCUT2D eigenvalue weighted by Gasteiger charge is -2.30. The number of likely N-dealkylation sites (tertiary alicyclic amines) is 1. The number of aliphatic carboxylic acids is 2. The summed E-state index contributed by atoms with van der Waals surface area (Å²) in [6, 6.07) is -5.78. The maximum atomic E-state index is 14.1. The Hall–Kier alpha value is -7.68. The first kappa shape index (κ1) is 59.6. The Morgan fingerprint density at radius 3 is 1.88 bits per heavy atom. The number of aliphatic hydroxyl groups is 1. The van der Waals surface area contributed by atoms with Gasteiger partial charge in [0.25, 0.3) is 0 Å². The van der Waals surface area contributed by atoms with Crippen molar-refractivity contribution < 1.29 is 73.2 Å². The van der Waals surface area contributed by atoms with E-state index in [9.17, 15) is 73.2 Å². The number of nitrogens with zero attached hydrogens (tertiary/aromatic N) is 2. The molecule has 0 spiro atoms. The molecular weight excluding hydrogens is 961 g/mol. The second-order valence-corrected chi connectivity index (χ2v) is 18.5. The molecule has 27 heteroatoms. The molecule has 0 radical (unpaired) electrons. The van der Waals surface area contributed by atoms with Crippen LogP contribution in [0.25, 0.3) is 0 Å². The van der Waals surface area contributed by atoms with Crippen LogP contribution < -0.4 is 48.7 Å².